The molecule has 3 aromatic rings. The number of amides is 1. The van der Waals surface area contributed by atoms with Gasteiger partial charge >= 0.3 is 6.09 Å². The number of hydrogen-bond acceptors (Lipinski definition) is 5. The van der Waals surface area contributed by atoms with Crippen molar-refractivity contribution in [1.82, 2.24) is 14.8 Å². The summed E-state index contributed by atoms with van der Waals surface area (Å²) in [4.78, 5) is 28.5. The molecule has 3 heterocycles. The van der Waals surface area contributed by atoms with E-state index in [0.29, 0.717) is 33.9 Å². The van der Waals surface area contributed by atoms with E-state index in [1.54, 1.807) is 16.7 Å². The molecule has 2 aromatic carbocycles. The number of aromatic nitrogens is 1. The quantitative estimate of drug-likeness (QED) is 0.496. The lowest BCUT2D eigenvalue weighted by atomic mass is 10.00. The van der Waals surface area contributed by atoms with Crippen molar-refractivity contribution in [2.75, 3.05) is 13.2 Å². The molecule has 8 heteroatoms. The van der Waals surface area contributed by atoms with Crippen LogP contribution in [0.3, 0.4) is 0 Å². The van der Waals surface area contributed by atoms with Crippen molar-refractivity contribution < 1.29 is 19.4 Å². The summed E-state index contributed by atoms with van der Waals surface area (Å²) in [6.07, 6.45) is 2.77. The number of benzene rings is 2. The van der Waals surface area contributed by atoms with Crippen LogP contribution in [0.15, 0.2) is 36.4 Å². The van der Waals surface area contributed by atoms with Crippen LogP contribution in [0.4, 0.5) is 4.79 Å². The lowest BCUT2D eigenvalue weighted by molar-refractivity contribution is 0.0546. The molecule has 0 bridgehead atoms. The number of aliphatic hydroxyl groups is 1. The van der Waals surface area contributed by atoms with Crippen molar-refractivity contribution in [3.8, 4) is 11.3 Å². The van der Waals surface area contributed by atoms with Gasteiger partial charge in [-0.15, -0.1) is 0 Å². The number of piperidine rings is 1. The number of nitrogens with zero attached hydrogens (tertiary/aromatic N) is 2. The van der Waals surface area contributed by atoms with Crippen LogP contribution >= 0.6 is 11.6 Å². The van der Waals surface area contributed by atoms with E-state index in [2.05, 4.69) is 16.3 Å². The van der Waals surface area contributed by atoms with Gasteiger partial charge in [-0.2, -0.15) is 0 Å². The lowest BCUT2D eigenvalue weighted by Crippen LogP contribution is -2.41. The number of rotatable bonds is 4. The fourth-order valence-corrected chi connectivity index (χ4v) is 5.52. The third-order valence-electron chi connectivity index (χ3n) is 6.97. The predicted molar refractivity (Wildman–Crippen MR) is 140 cm³/mol. The van der Waals surface area contributed by atoms with E-state index in [1.165, 1.54) is 0 Å². The molecular weight excluding hydrogens is 478 g/mol. The Morgan fingerprint density at radius 1 is 1.19 bits per heavy atom. The molecule has 0 radical (unpaired) electrons. The van der Waals surface area contributed by atoms with Crippen molar-refractivity contribution in [1.29, 1.82) is 0 Å². The van der Waals surface area contributed by atoms with E-state index in [0.717, 1.165) is 48.9 Å². The minimum Gasteiger partial charge on any atom is -0.443 e. The van der Waals surface area contributed by atoms with Gasteiger partial charge in [0.15, 0.2) is 0 Å². The molecule has 1 aromatic heterocycles. The number of halogens is 1. The molecule has 1 saturated heterocycles. The van der Waals surface area contributed by atoms with E-state index in [1.807, 2.05) is 39.0 Å². The van der Waals surface area contributed by atoms with E-state index < -0.39 is 11.7 Å². The molecule has 2 aliphatic heterocycles. The third-order valence-corrected chi connectivity index (χ3v) is 7.33. The zero-order valence-electron chi connectivity index (χ0n) is 20.9. The van der Waals surface area contributed by atoms with Gasteiger partial charge in [-0.05, 0) is 70.0 Å². The van der Waals surface area contributed by atoms with Gasteiger partial charge < -0.3 is 15.2 Å². The molecule has 0 saturated carbocycles. The maximum Gasteiger partial charge on any atom is 0.419 e. The minimum atomic E-state index is -0.683. The fourth-order valence-electron chi connectivity index (χ4n) is 5.30. The Hall–Kier alpha value is -2.87. The topological polar surface area (TPSA) is 83.8 Å². The Morgan fingerprint density at radius 3 is 2.75 bits per heavy atom. The van der Waals surface area contributed by atoms with Gasteiger partial charge in [0.1, 0.15) is 5.60 Å². The van der Waals surface area contributed by atoms with Gasteiger partial charge in [-0.25, -0.2) is 9.36 Å². The first-order chi connectivity index (χ1) is 17.2. The minimum absolute atomic E-state index is 0.158. The van der Waals surface area contributed by atoms with Gasteiger partial charge in [0.25, 0.3) is 5.91 Å². The summed E-state index contributed by atoms with van der Waals surface area (Å²) in [6.45, 7) is 7.70. The van der Waals surface area contributed by atoms with Crippen molar-refractivity contribution >= 4 is 34.5 Å². The van der Waals surface area contributed by atoms with Crippen LogP contribution in [0.5, 0.6) is 0 Å². The molecular formula is C28H32ClN3O4. The molecule has 2 aliphatic rings. The second-order valence-corrected chi connectivity index (χ2v) is 11.1. The van der Waals surface area contributed by atoms with Gasteiger partial charge in [0.05, 0.1) is 23.4 Å². The van der Waals surface area contributed by atoms with E-state index >= 15 is 0 Å². The number of hydrogen-bond donors (Lipinski definition) is 2. The van der Waals surface area contributed by atoms with Gasteiger partial charge in [-0.1, -0.05) is 30.2 Å². The first-order valence-electron chi connectivity index (χ1n) is 12.5. The van der Waals surface area contributed by atoms with E-state index in [9.17, 15) is 14.7 Å². The number of nitrogens with one attached hydrogen (secondary N) is 1. The van der Waals surface area contributed by atoms with Gasteiger partial charge in [0, 0.05) is 40.7 Å². The zero-order chi connectivity index (χ0) is 25.6. The number of aliphatic hydroxyl groups excluding tert-OH is 1. The Labute approximate surface area is 216 Å². The second-order valence-electron chi connectivity index (χ2n) is 10.7. The highest BCUT2D eigenvalue weighted by molar-refractivity contribution is 6.32. The standard InChI is InChI=1S/C28H32ClN3O4/c1-28(2,3)36-27(35)32-23-10-7-17(15-31-11-5-4-6-19(31)16-33)12-18(23)13-24(32)20-8-9-22(29)21-14-30-26(34)25(20)21/h7-10,12-13,19,33H,4-6,11,14-16H2,1-3H3,(H,30,34). The predicted octanol–water partition coefficient (Wildman–Crippen LogP) is 5.34. The Kier molecular flexibility index (Phi) is 6.57. The summed E-state index contributed by atoms with van der Waals surface area (Å²) in [5.74, 6) is -0.204. The van der Waals surface area contributed by atoms with Crippen LogP contribution in [-0.2, 0) is 17.8 Å². The zero-order valence-corrected chi connectivity index (χ0v) is 21.7. The van der Waals surface area contributed by atoms with Crippen LogP contribution in [0.2, 0.25) is 5.02 Å². The highest BCUT2D eigenvalue weighted by Crippen LogP contribution is 2.37. The molecule has 190 valence electrons. The van der Waals surface area contributed by atoms with Crippen molar-refractivity contribution in [2.24, 2.45) is 0 Å². The number of ether oxygens (including phenoxy) is 1. The van der Waals surface area contributed by atoms with Crippen molar-refractivity contribution in [3.05, 3.63) is 58.1 Å². The van der Waals surface area contributed by atoms with Crippen LogP contribution in [-0.4, -0.2) is 51.4 Å². The Balaban J connectivity index is 1.62. The summed E-state index contributed by atoms with van der Waals surface area (Å²) in [5.41, 5.74) is 3.60. The lowest BCUT2D eigenvalue weighted by Gasteiger charge is -2.34. The van der Waals surface area contributed by atoms with Crippen LogP contribution in [0, 0.1) is 0 Å². The maximum atomic E-state index is 13.4. The average Bonchev–Trinajstić information content (AvgIpc) is 3.40. The summed E-state index contributed by atoms with van der Waals surface area (Å²) in [7, 11) is 0. The number of fused-ring (bicyclic) bond motifs is 2. The molecule has 1 fully saturated rings. The summed E-state index contributed by atoms with van der Waals surface area (Å²) < 4.78 is 7.32. The summed E-state index contributed by atoms with van der Waals surface area (Å²) in [5, 5.41) is 14.1. The number of carbonyl (C=O) groups excluding carboxylic acids is 2. The third kappa shape index (κ3) is 4.63. The van der Waals surface area contributed by atoms with E-state index in [4.69, 9.17) is 16.3 Å². The molecule has 1 amide bonds. The smallest absolute Gasteiger partial charge is 0.419 e. The SMILES string of the molecule is CC(C)(C)OC(=O)n1c(-c2ccc(Cl)c3c2C(=O)NC3)cc2cc(CN3CCCCC3CO)ccc21. The summed E-state index contributed by atoms with van der Waals surface area (Å²) >= 11 is 6.39. The normalized spacial score (nSPS) is 18.4. The number of carbonyl (C=O) groups is 2. The molecule has 36 heavy (non-hydrogen) atoms. The van der Waals surface area contributed by atoms with Gasteiger partial charge in [0.2, 0.25) is 0 Å². The Bertz CT molecular complexity index is 1340. The monoisotopic (exact) mass is 509 g/mol. The first-order valence-corrected chi connectivity index (χ1v) is 12.9. The van der Waals surface area contributed by atoms with Crippen LogP contribution in [0.1, 0.15) is 61.5 Å². The molecule has 0 spiro atoms. The van der Waals surface area contributed by atoms with Crippen LogP contribution < -0.4 is 5.32 Å². The molecule has 7 nitrogen and oxygen atoms in total. The highest BCUT2D eigenvalue weighted by Gasteiger charge is 2.30. The van der Waals surface area contributed by atoms with Crippen molar-refractivity contribution in [2.45, 2.75) is 64.8 Å². The van der Waals surface area contributed by atoms with Crippen LogP contribution in [0.25, 0.3) is 22.2 Å². The first kappa shape index (κ1) is 24.8. The molecule has 1 unspecified atom stereocenters. The molecule has 5 rings (SSSR count). The average molecular weight is 510 g/mol. The van der Waals surface area contributed by atoms with Gasteiger partial charge in [-0.3, -0.25) is 9.69 Å². The highest BCUT2D eigenvalue weighted by atomic mass is 35.5. The largest absolute Gasteiger partial charge is 0.443 e. The molecule has 1 atom stereocenters. The molecule has 2 N–H and O–H groups in total. The Morgan fingerprint density at radius 2 is 2.00 bits per heavy atom. The summed E-state index contributed by atoms with van der Waals surface area (Å²) in [6, 6.07) is 11.7. The number of likely N-dealkylation sites (tertiary alicyclic amines) is 1. The van der Waals surface area contributed by atoms with E-state index in [-0.39, 0.29) is 18.6 Å². The maximum absolute atomic E-state index is 13.4. The fraction of sp³-hybridized carbons (Fsp3) is 0.429. The van der Waals surface area contributed by atoms with Crippen molar-refractivity contribution in [3.63, 3.8) is 0 Å². The second kappa shape index (κ2) is 9.54. The molecule has 0 aliphatic carbocycles.